The lowest BCUT2D eigenvalue weighted by molar-refractivity contribution is -0.150. The highest BCUT2D eigenvalue weighted by molar-refractivity contribution is 5.78. The molecule has 0 bridgehead atoms. The number of hydrogen-bond acceptors (Lipinski definition) is 3. The number of allylic oxidation sites excluding steroid dienone is 2. The van der Waals surface area contributed by atoms with Gasteiger partial charge < -0.3 is 9.84 Å². The van der Waals surface area contributed by atoms with Gasteiger partial charge >= 0.3 is 5.97 Å². The maximum absolute atomic E-state index is 11.3. The number of ether oxygens (including phenoxy) is 1. The number of aliphatic carboxylic acids is 1. The van der Waals surface area contributed by atoms with Crippen LogP contribution in [0, 0.1) is 5.92 Å². The van der Waals surface area contributed by atoms with Crippen LogP contribution in [-0.2, 0) is 14.3 Å². The number of carbonyl (C=O) groups is 2. The lowest BCUT2D eigenvalue weighted by atomic mass is 9.81. The summed E-state index contributed by atoms with van der Waals surface area (Å²) in [5.74, 6) is -1.33. The molecule has 106 valence electrons. The summed E-state index contributed by atoms with van der Waals surface area (Å²) in [6.07, 6.45) is 9.28. The Morgan fingerprint density at radius 3 is 2.63 bits per heavy atom. The van der Waals surface area contributed by atoms with Crippen molar-refractivity contribution < 1.29 is 19.4 Å². The Morgan fingerprint density at radius 2 is 2.05 bits per heavy atom. The van der Waals surface area contributed by atoms with Crippen LogP contribution < -0.4 is 0 Å². The Bertz CT molecular complexity index is 384. The summed E-state index contributed by atoms with van der Waals surface area (Å²) in [7, 11) is 0. The second-order valence-corrected chi connectivity index (χ2v) is 4.71. The van der Waals surface area contributed by atoms with Gasteiger partial charge in [-0.05, 0) is 12.8 Å². The van der Waals surface area contributed by atoms with Crippen LogP contribution >= 0.6 is 0 Å². The number of rotatable bonds is 8. The van der Waals surface area contributed by atoms with Gasteiger partial charge in [-0.15, -0.1) is 0 Å². The largest absolute Gasteiger partial charge is 0.481 e. The standard InChI is InChI=1S/C15H22O4/c1-3-12(16)8-7-11-19-15(4-2)10-6-5-9-13(15)14(17)18/h5-6,9-10,13H,3-4,7-8,11H2,1-2H3,(H,17,18). The summed E-state index contributed by atoms with van der Waals surface area (Å²) >= 11 is 0. The fourth-order valence-electron chi connectivity index (χ4n) is 2.24. The van der Waals surface area contributed by atoms with E-state index in [0.29, 0.717) is 32.3 Å². The minimum atomic E-state index is -0.882. The molecule has 0 saturated heterocycles. The third kappa shape index (κ3) is 4.03. The molecule has 0 amide bonds. The summed E-state index contributed by atoms with van der Waals surface area (Å²) in [4.78, 5) is 22.5. The highest BCUT2D eigenvalue weighted by atomic mass is 16.5. The van der Waals surface area contributed by atoms with E-state index in [-0.39, 0.29) is 5.78 Å². The number of carboxylic acid groups (broad SMARTS) is 1. The van der Waals surface area contributed by atoms with E-state index in [1.165, 1.54) is 0 Å². The lowest BCUT2D eigenvalue weighted by Gasteiger charge is -2.35. The van der Waals surface area contributed by atoms with Crippen LogP contribution in [0.3, 0.4) is 0 Å². The topological polar surface area (TPSA) is 63.6 Å². The predicted octanol–water partition coefficient (Wildman–Crippen LogP) is 2.74. The fraction of sp³-hybridized carbons (Fsp3) is 0.600. The van der Waals surface area contributed by atoms with Gasteiger partial charge in [0.25, 0.3) is 0 Å². The molecule has 0 aliphatic heterocycles. The molecule has 0 aromatic rings. The van der Waals surface area contributed by atoms with E-state index in [1.54, 1.807) is 12.2 Å². The average Bonchev–Trinajstić information content (AvgIpc) is 2.43. The van der Waals surface area contributed by atoms with E-state index in [9.17, 15) is 14.7 Å². The maximum atomic E-state index is 11.3. The number of hydrogen-bond donors (Lipinski definition) is 1. The molecule has 19 heavy (non-hydrogen) atoms. The minimum absolute atomic E-state index is 0.211. The van der Waals surface area contributed by atoms with Crippen molar-refractivity contribution in [3.8, 4) is 0 Å². The van der Waals surface area contributed by atoms with E-state index in [2.05, 4.69) is 0 Å². The van der Waals surface area contributed by atoms with Crippen LogP contribution in [0.1, 0.15) is 39.5 Å². The van der Waals surface area contributed by atoms with Gasteiger partial charge in [-0.3, -0.25) is 9.59 Å². The minimum Gasteiger partial charge on any atom is -0.481 e. The zero-order valence-corrected chi connectivity index (χ0v) is 11.6. The van der Waals surface area contributed by atoms with Gasteiger partial charge in [-0.2, -0.15) is 0 Å². The molecule has 1 rings (SSSR count). The van der Waals surface area contributed by atoms with Gasteiger partial charge in [-0.25, -0.2) is 0 Å². The first-order chi connectivity index (χ1) is 9.05. The van der Waals surface area contributed by atoms with Crippen molar-refractivity contribution in [1.29, 1.82) is 0 Å². The van der Waals surface area contributed by atoms with Crippen LogP contribution in [0.25, 0.3) is 0 Å². The van der Waals surface area contributed by atoms with Gasteiger partial charge in [0.2, 0.25) is 0 Å². The van der Waals surface area contributed by atoms with Crippen LogP contribution in [-0.4, -0.2) is 29.1 Å². The molecule has 2 atom stereocenters. The Morgan fingerprint density at radius 1 is 1.32 bits per heavy atom. The molecule has 4 heteroatoms. The number of carbonyl (C=O) groups excluding carboxylic acids is 1. The van der Waals surface area contributed by atoms with E-state index in [0.717, 1.165) is 0 Å². The van der Waals surface area contributed by atoms with E-state index < -0.39 is 17.5 Å². The second-order valence-electron chi connectivity index (χ2n) is 4.71. The summed E-state index contributed by atoms with van der Waals surface area (Å²) in [6.45, 7) is 4.16. The quantitative estimate of drug-likeness (QED) is 0.686. The number of carboxylic acids is 1. The summed E-state index contributed by atoms with van der Waals surface area (Å²) in [5, 5.41) is 9.27. The van der Waals surface area contributed by atoms with Gasteiger partial charge in [0.05, 0.1) is 0 Å². The highest BCUT2D eigenvalue weighted by Gasteiger charge is 2.40. The van der Waals surface area contributed by atoms with Crippen molar-refractivity contribution in [2.24, 2.45) is 5.92 Å². The molecule has 0 heterocycles. The fourth-order valence-corrected chi connectivity index (χ4v) is 2.24. The highest BCUT2D eigenvalue weighted by Crippen LogP contribution is 2.32. The maximum Gasteiger partial charge on any atom is 0.313 e. The van der Waals surface area contributed by atoms with Crippen molar-refractivity contribution in [3.05, 3.63) is 24.3 Å². The molecule has 0 fully saturated rings. The molecular formula is C15H22O4. The van der Waals surface area contributed by atoms with Gasteiger partial charge in [0, 0.05) is 19.4 Å². The molecule has 1 aliphatic carbocycles. The monoisotopic (exact) mass is 266 g/mol. The molecule has 0 aromatic heterocycles. The predicted molar refractivity (Wildman–Crippen MR) is 72.9 cm³/mol. The third-order valence-electron chi connectivity index (χ3n) is 3.50. The molecule has 4 nitrogen and oxygen atoms in total. The molecule has 0 radical (unpaired) electrons. The van der Waals surface area contributed by atoms with Gasteiger partial charge in [-0.1, -0.05) is 38.2 Å². The van der Waals surface area contributed by atoms with Crippen molar-refractivity contribution in [1.82, 2.24) is 0 Å². The second kappa shape index (κ2) is 7.24. The van der Waals surface area contributed by atoms with Gasteiger partial charge in [0.1, 0.15) is 17.3 Å². The number of ketones is 1. The Hall–Kier alpha value is -1.42. The Kier molecular flexibility index (Phi) is 5.96. The zero-order chi connectivity index (χ0) is 14.3. The van der Waals surface area contributed by atoms with Crippen molar-refractivity contribution in [2.75, 3.05) is 6.61 Å². The third-order valence-corrected chi connectivity index (χ3v) is 3.50. The Labute approximate surface area is 114 Å². The number of Topliss-reactive ketones (excluding diaryl/α,β-unsaturated/α-hetero) is 1. The van der Waals surface area contributed by atoms with Gasteiger partial charge in [0.15, 0.2) is 0 Å². The summed E-state index contributed by atoms with van der Waals surface area (Å²) in [6, 6.07) is 0. The first-order valence-corrected chi connectivity index (χ1v) is 6.80. The Balaban J connectivity index is 2.59. The van der Waals surface area contributed by atoms with Crippen LogP contribution in [0.2, 0.25) is 0 Å². The summed E-state index contributed by atoms with van der Waals surface area (Å²) in [5.41, 5.74) is -0.782. The first-order valence-electron chi connectivity index (χ1n) is 6.80. The molecule has 1 N–H and O–H groups in total. The van der Waals surface area contributed by atoms with Crippen LogP contribution in [0.5, 0.6) is 0 Å². The first kappa shape index (κ1) is 15.6. The van der Waals surface area contributed by atoms with E-state index in [1.807, 2.05) is 26.0 Å². The molecule has 0 saturated carbocycles. The van der Waals surface area contributed by atoms with Crippen molar-refractivity contribution in [3.63, 3.8) is 0 Å². The molecule has 0 aromatic carbocycles. The van der Waals surface area contributed by atoms with Crippen molar-refractivity contribution >= 4 is 11.8 Å². The molecule has 1 aliphatic rings. The van der Waals surface area contributed by atoms with E-state index in [4.69, 9.17) is 4.74 Å². The molecule has 2 unspecified atom stereocenters. The average molecular weight is 266 g/mol. The normalized spacial score (nSPS) is 25.5. The molecule has 0 spiro atoms. The summed E-state index contributed by atoms with van der Waals surface area (Å²) < 4.78 is 5.82. The van der Waals surface area contributed by atoms with E-state index >= 15 is 0 Å². The smallest absolute Gasteiger partial charge is 0.313 e. The SMILES string of the molecule is CCC(=O)CCCOC1(CC)C=CC=CC1C(=O)O. The van der Waals surface area contributed by atoms with Crippen LogP contribution in [0.4, 0.5) is 0 Å². The zero-order valence-electron chi connectivity index (χ0n) is 11.6. The van der Waals surface area contributed by atoms with Crippen LogP contribution in [0.15, 0.2) is 24.3 Å². The lowest BCUT2D eigenvalue weighted by Crippen LogP contribution is -2.43. The van der Waals surface area contributed by atoms with Crippen molar-refractivity contribution in [2.45, 2.75) is 45.1 Å². The molecular weight excluding hydrogens is 244 g/mol.